The summed E-state index contributed by atoms with van der Waals surface area (Å²) in [7, 11) is 3.07. The van der Waals surface area contributed by atoms with Gasteiger partial charge in [-0.2, -0.15) is 0 Å². The van der Waals surface area contributed by atoms with E-state index in [1.54, 1.807) is 36.0 Å². The van der Waals surface area contributed by atoms with E-state index >= 15 is 0 Å². The average molecular weight is 259 g/mol. The Bertz CT molecular complexity index is 698. The van der Waals surface area contributed by atoms with Gasteiger partial charge in [-0.1, -0.05) is 19.9 Å². The van der Waals surface area contributed by atoms with Crippen LogP contribution in [-0.4, -0.2) is 17.6 Å². The van der Waals surface area contributed by atoms with Gasteiger partial charge in [0.15, 0.2) is 0 Å². The fourth-order valence-corrected chi connectivity index (χ4v) is 2.28. The molecule has 0 amide bonds. The van der Waals surface area contributed by atoms with Gasteiger partial charge in [-0.05, 0) is 23.6 Å². The first kappa shape index (κ1) is 13.3. The number of rotatable bonds is 2. The van der Waals surface area contributed by atoms with Gasteiger partial charge in [0.25, 0.3) is 5.56 Å². The minimum Gasteiger partial charge on any atom is -0.465 e. The second kappa shape index (κ2) is 4.88. The molecule has 0 saturated heterocycles. The van der Waals surface area contributed by atoms with Crippen LogP contribution in [0, 0.1) is 0 Å². The minimum absolute atomic E-state index is 0.106. The molecule has 0 N–H and O–H groups in total. The van der Waals surface area contributed by atoms with Crippen LogP contribution in [0.5, 0.6) is 0 Å². The van der Waals surface area contributed by atoms with Gasteiger partial charge in [0.1, 0.15) is 0 Å². The minimum atomic E-state index is -0.416. The fourth-order valence-electron chi connectivity index (χ4n) is 2.28. The molecule has 0 aliphatic heterocycles. The highest BCUT2D eigenvalue weighted by molar-refractivity contribution is 6.05. The Labute approximate surface area is 111 Å². The molecule has 1 aromatic heterocycles. The maximum absolute atomic E-state index is 12.2. The molecule has 0 saturated carbocycles. The van der Waals surface area contributed by atoms with Crippen LogP contribution in [0.25, 0.3) is 10.8 Å². The summed E-state index contributed by atoms with van der Waals surface area (Å²) in [5, 5.41) is 1.25. The number of pyridine rings is 1. The van der Waals surface area contributed by atoms with Crippen molar-refractivity contribution < 1.29 is 9.53 Å². The van der Waals surface area contributed by atoms with Crippen molar-refractivity contribution in [1.82, 2.24) is 4.57 Å². The standard InChI is InChI=1S/C15H17NO3/c1-9(2)12-8-16(3)14(17)10-6-5-7-11(13(10)12)15(18)19-4/h5-9H,1-4H3. The zero-order valence-corrected chi connectivity index (χ0v) is 11.6. The van der Waals surface area contributed by atoms with E-state index in [2.05, 4.69) is 0 Å². The number of aryl methyl sites for hydroxylation is 1. The Hall–Kier alpha value is -2.10. The van der Waals surface area contributed by atoms with Crippen LogP contribution in [-0.2, 0) is 11.8 Å². The summed E-state index contributed by atoms with van der Waals surface area (Å²) < 4.78 is 6.36. The lowest BCUT2D eigenvalue weighted by atomic mass is 9.94. The first-order valence-electron chi connectivity index (χ1n) is 6.18. The number of ether oxygens (including phenoxy) is 1. The van der Waals surface area contributed by atoms with Gasteiger partial charge in [0, 0.05) is 24.0 Å². The highest BCUT2D eigenvalue weighted by Gasteiger charge is 2.17. The molecule has 19 heavy (non-hydrogen) atoms. The van der Waals surface area contributed by atoms with E-state index in [1.807, 2.05) is 13.8 Å². The van der Waals surface area contributed by atoms with Gasteiger partial charge in [-0.3, -0.25) is 4.79 Å². The summed E-state index contributed by atoms with van der Waals surface area (Å²) in [6.07, 6.45) is 1.79. The van der Waals surface area contributed by atoms with Crippen molar-refractivity contribution in [3.63, 3.8) is 0 Å². The van der Waals surface area contributed by atoms with Crippen molar-refractivity contribution in [1.29, 1.82) is 0 Å². The normalized spacial score (nSPS) is 11.0. The maximum atomic E-state index is 12.2. The van der Waals surface area contributed by atoms with Crippen molar-refractivity contribution >= 4 is 16.7 Å². The molecular weight excluding hydrogens is 242 g/mol. The van der Waals surface area contributed by atoms with E-state index in [0.29, 0.717) is 16.3 Å². The number of nitrogens with zero attached hydrogens (tertiary/aromatic N) is 1. The largest absolute Gasteiger partial charge is 0.465 e. The van der Waals surface area contributed by atoms with Gasteiger partial charge in [-0.15, -0.1) is 0 Å². The second-order valence-corrected chi connectivity index (χ2v) is 4.87. The second-order valence-electron chi connectivity index (χ2n) is 4.87. The Morgan fingerprint density at radius 1 is 1.32 bits per heavy atom. The predicted molar refractivity (Wildman–Crippen MR) is 74.6 cm³/mol. The van der Waals surface area contributed by atoms with Crippen molar-refractivity contribution in [3.05, 3.63) is 45.9 Å². The summed E-state index contributed by atoms with van der Waals surface area (Å²) >= 11 is 0. The molecule has 0 spiro atoms. The molecule has 2 rings (SSSR count). The highest BCUT2D eigenvalue weighted by atomic mass is 16.5. The monoisotopic (exact) mass is 259 g/mol. The van der Waals surface area contributed by atoms with Gasteiger partial charge < -0.3 is 9.30 Å². The Balaban J connectivity index is 2.98. The third-order valence-electron chi connectivity index (χ3n) is 3.26. The molecule has 1 heterocycles. The lowest BCUT2D eigenvalue weighted by Gasteiger charge is -2.14. The number of fused-ring (bicyclic) bond motifs is 1. The number of aromatic nitrogens is 1. The van der Waals surface area contributed by atoms with E-state index in [-0.39, 0.29) is 11.5 Å². The smallest absolute Gasteiger partial charge is 0.338 e. The van der Waals surface area contributed by atoms with Crippen LogP contribution in [0.4, 0.5) is 0 Å². The summed E-state index contributed by atoms with van der Waals surface area (Å²) in [4.78, 5) is 24.0. The van der Waals surface area contributed by atoms with E-state index < -0.39 is 5.97 Å². The lowest BCUT2D eigenvalue weighted by molar-refractivity contribution is 0.0603. The molecule has 2 aromatic rings. The third-order valence-corrected chi connectivity index (χ3v) is 3.26. The first-order chi connectivity index (χ1) is 8.97. The van der Waals surface area contributed by atoms with Crippen molar-refractivity contribution in [2.45, 2.75) is 19.8 Å². The molecule has 4 nitrogen and oxygen atoms in total. The summed E-state index contributed by atoms with van der Waals surface area (Å²) in [5.74, 6) is -0.208. The van der Waals surface area contributed by atoms with E-state index in [0.717, 1.165) is 5.56 Å². The molecule has 0 aliphatic rings. The van der Waals surface area contributed by atoms with Crippen LogP contribution in [0.1, 0.15) is 35.7 Å². The quantitative estimate of drug-likeness (QED) is 0.778. The Morgan fingerprint density at radius 2 is 2.00 bits per heavy atom. The molecule has 100 valence electrons. The maximum Gasteiger partial charge on any atom is 0.338 e. The molecule has 0 fully saturated rings. The van der Waals surface area contributed by atoms with Crippen LogP contribution in [0.15, 0.2) is 29.2 Å². The van der Waals surface area contributed by atoms with Gasteiger partial charge >= 0.3 is 5.97 Å². The zero-order chi connectivity index (χ0) is 14.2. The van der Waals surface area contributed by atoms with Crippen molar-refractivity contribution in [2.75, 3.05) is 7.11 Å². The number of esters is 1. The number of benzene rings is 1. The number of hydrogen-bond donors (Lipinski definition) is 0. The number of carbonyl (C=O) groups is 1. The van der Waals surface area contributed by atoms with Crippen LogP contribution in [0.3, 0.4) is 0 Å². The molecule has 0 unspecified atom stereocenters. The van der Waals surface area contributed by atoms with Gasteiger partial charge in [0.05, 0.1) is 12.7 Å². The topological polar surface area (TPSA) is 48.3 Å². The highest BCUT2D eigenvalue weighted by Crippen LogP contribution is 2.26. The zero-order valence-electron chi connectivity index (χ0n) is 11.6. The Morgan fingerprint density at radius 3 is 2.58 bits per heavy atom. The summed E-state index contributed by atoms with van der Waals surface area (Å²) in [6.45, 7) is 4.07. The van der Waals surface area contributed by atoms with Crippen LogP contribution in [0.2, 0.25) is 0 Å². The van der Waals surface area contributed by atoms with Crippen LogP contribution < -0.4 is 5.56 Å². The van der Waals surface area contributed by atoms with Crippen molar-refractivity contribution in [3.8, 4) is 0 Å². The summed E-state index contributed by atoms with van der Waals surface area (Å²) in [5.41, 5.74) is 1.31. The molecule has 0 radical (unpaired) electrons. The van der Waals surface area contributed by atoms with E-state index in [1.165, 1.54) is 7.11 Å². The van der Waals surface area contributed by atoms with E-state index in [4.69, 9.17) is 4.74 Å². The lowest BCUT2D eigenvalue weighted by Crippen LogP contribution is -2.19. The molecule has 4 heteroatoms. The number of carbonyl (C=O) groups excluding carboxylic acids is 1. The van der Waals surface area contributed by atoms with Crippen LogP contribution >= 0.6 is 0 Å². The molecule has 0 bridgehead atoms. The molecule has 0 aliphatic carbocycles. The molecule has 0 atom stereocenters. The number of hydrogen-bond acceptors (Lipinski definition) is 3. The molecular formula is C15H17NO3. The van der Waals surface area contributed by atoms with Gasteiger partial charge in [0.2, 0.25) is 0 Å². The first-order valence-corrected chi connectivity index (χ1v) is 6.18. The number of methoxy groups -OCH3 is 1. The SMILES string of the molecule is COC(=O)c1cccc2c(=O)n(C)cc(C(C)C)c12. The van der Waals surface area contributed by atoms with Crippen molar-refractivity contribution in [2.24, 2.45) is 7.05 Å². The average Bonchev–Trinajstić information content (AvgIpc) is 2.40. The molecule has 1 aromatic carbocycles. The predicted octanol–water partition coefficient (Wildman–Crippen LogP) is 2.45. The Kier molecular flexibility index (Phi) is 3.42. The summed E-state index contributed by atoms with van der Waals surface area (Å²) in [6, 6.07) is 5.15. The third kappa shape index (κ3) is 2.14. The fraction of sp³-hybridized carbons (Fsp3) is 0.333. The van der Waals surface area contributed by atoms with E-state index in [9.17, 15) is 9.59 Å². The van der Waals surface area contributed by atoms with Gasteiger partial charge in [-0.25, -0.2) is 4.79 Å².